The minimum atomic E-state index is -1.95. The summed E-state index contributed by atoms with van der Waals surface area (Å²) >= 11 is 0. The molecule has 1 heterocycles. The van der Waals surface area contributed by atoms with Gasteiger partial charge in [0.05, 0.1) is 12.7 Å². The molecule has 7 heteroatoms. The molecule has 0 amide bonds. The number of ether oxygens (including phenoxy) is 5. The minimum absolute atomic E-state index is 0.0881. The Morgan fingerprint density at radius 1 is 1.08 bits per heavy atom. The standard InChI is InChI=1S/C19H32O6Si/c1-19(2,3)26(6,7)25-18(17-11-22-17)14-8-9-15(23-12-20-4)16(10-14)24-13-21-5/h8-10,17-18H,11-13H2,1-7H3/t17-,18-/m1/s1. The topological polar surface area (TPSA) is 58.7 Å². The molecule has 1 aliphatic heterocycles. The van der Waals surface area contributed by atoms with Crippen molar-refractivity contribution in [3.63, 3.8) is 0 Å². The van der Waals surface area contributed by atoms with Crippen molar-refractivity contribution < 1.29 is 28.1 Å². The van der Waals surface area contributed by atoms with Crippen LogP contribution in [-0.2, 0) is 18.6 Å². The zero-order chi connectivity index (χ0) is 19.4. The van der Waals surface area contributed by atoms with Crippen molar-refractivity contribution in [2.24, 2.45) is 0 Å². The van der Waals surface area contributed by atoms with Crippen molar-refractivity contribution in [3.05, 3.63) is 23.8 Å². The maximum atomic E-state index is 6.65. The molecule has 0 unspecified atom stereocenters. The van der Waals surface area contributed by atoms with Crippen LogP contribution in [0.5, 0.6) is 11.5 Å². The van der Waals surface area contributed by atoms with Gasteiger partial charge in [-0.25, -0.2) is 0 Å². The second-order valence-electron chi connectivity index (χ2n) is 7.98. The van der Waals surface area contributed by atoms with E-state index in [4.69, 9.17) is 28.1 Å². The van der Waals surface area contributed by atoms with E-state index in [0.717, 1.165) is 12.2 Å². The summed E-state index contributed by atoms with van der Waals surface area (Å²) in [6.07, 6.45) is -0.0256. The summed E-state index contributed by atoms with van der Waals surface area (Å²) in [6.45, 7) is 12.2. The average molecular weight is 385 g/mol. The van der Waals surface area contributed by atoms with Crippen LogP contribution in [0.3, 0.4) is 0 Å². The zero-order valence-corrected chi connectivity index (χ0v) is 18.0. The smallest absolute Gasteiger partial charge is 0.193 e. The third-order valence-corrected chi connectivity index (χ3v) is 9.34. The summed E-state index contributed by atoms with van der Waals surface area (Å²) in [5, 5.41) is 0.122. The van der Waals surface area contributed by atoms with Gasteiger partial charge in [0.1, 0.15) is 6.10 Å². The van der Waals surface area contributed by atoms with Gasteiger partial charge in [-0.2, -0.15) is 0 Å². The van der Waals surface area contributed by atoms with E-state index in [0.29, 0.717) is 11.5 Å². The van der Waals surface area contributed by atoms with Gasteiger partial charge >= 0.3 is 0 Å². The summed E-state index contributed by atoms with van der Waals surface area (Å²) in [4.78, 5) is 0. The van der Waals surface area contributed by atoms with Crippen LogP contribution in [0.4, 0.5) is 0 Å². The molecule has 6 nitrogen and oxygen atoms in total. The Hall–Kier alpha value is -1.12. The van der Waals surface area contributed by atoms with E-state index in [-0.39, 0.29) is 30.8 Å². The highest BCUT2D eigenvalue weighted by atomic mass is 28.4. The lowest BCUT2D eigenvalue weighted by Gasteiger charge is -2.39. The van der Waals surface area contributed by atoms with Crippen LogP contribution in [-0.4, -0.2) is 48.8 Å². The Labute approximate surface area is 157 Å². The lowest BCUT2D eigenvalue weighted by Crippen LogP contribution is -2.42. The van der Waals surface area contributed by atoms with Crippen LogP contribution in [0, 0.1) is 0 Å². The van der Waals surface area contributed by atoms with Crippen molar-refractivity contribution in [3.8, 4) is 11.5 Å². The van der Waals surface area contributed by atoms with Crippen LogP contribution < -0.4 is 9.47 Å². The van der Waals surface area contributed by atoms with Crippen LogP contribution in [0.1, 0.15) is 32.4 Å². The van der Waals surface area contributed by atoms with E-state index >= 15 is 0 Å². The normalized spacial score (nSPS) is 18.5. The molecule has 0 aromatic heterocycles. The molecule has 1 aromatic carbocycles. The van der Waals surface area contributed by atoms with Gasteiger partial charge in [-0.05, 0) is 35.8 Å². The second-order valence-corrected chi connectivity index (χ2v) is 12.7. The summed E-state index contributed by atoms with van der Waals surface area (Å²) in [5.74, 6) is 1.21. The molecule has 2 rings (SSSR count). The quantitative estimate of drug-likeness (QED) is 0.344. The summed E-state index contributed by atoms with van der Waals surface area (Å²) < 4.78 is 33.5. The Kier molecular flexibility index (Phi) is 7.10. The van der Waals surface area contributed by atoms with Crippen molar-refractivity contribution in [1.29, 1.82) is 0 Å². The van der Waals surface area contributed by atoms with E-state index in [1.54, 1.807) is 14.2 Å². The van der Waals surface area contributed by atoms with Gasteiger partial charge in [-0.3, -0.25) is 0 Å². The number of benzene rings is 1. The third kappa shape index (κ3) is 5.44. The van der Waals surface area contributed by atoms with Crippen molar-refractivity contribution in [1.82, 2.24) is 0 Å². The lowest BCUT2D eigenvalue weighted by molar-refractivity contribution is 0.0320. The van der Waals surface area contributed by atoms with Gasteiger partial charge in [0.2, 0.25) is 0 Å². The highest BCUT2D eigenvalue weighted by Gasteiger charge is 2.44. The van der Waals surface area contributed by atoms with Crippen molar-refractivity contribution in [2.75, 3.05) is 34.4 Å². The van der Waals surface area contributed by atoms with Crippen LogP contribution in [0.25, 0.3) is 0 Å². The first-order valence-corrected chi connectivity index (χ1v) is 11.8. The highest BCUT2D eigenvalue weighted by molar-refractivity contribution is 6.74. The summed E-state index contributed by atoms with van der Waals surface area (Å²) in [6, 6.07) is 5.83. The van der Waals surface area contributed by atoms with E-state index in [1.165, 1.54) is 0 Å². The Balaban J connectivity index is 2.27. The molecular weight excluding hydrogens is 352 g/mol. The zero-order valence-electron chi connectivity index (χ0n) is 17.0. The van der Waals surface area contributed by atoms with E-state index in [9.17, 15) is 0 Å². The molecule has 0 spiro atoms. The molecule has 2 atom stereocenters. The second kappa shape index (κ2) is 8.71. The maximum absolute atomic E-state index is 6.65. The van der Waals surface area contributed by atoms with Crippen molar-refractivity contribution in [2.45, 2.75) is 51.1 Å². The molecule has 26 heavy (non-hydrogen) atoms. The Morgan fingerprint density at radius 2 is 1.65 bits per heavy atom. The number of rotatable bonds is 10. The van der Waals surface area contributed by atoms with Crippen LogP contribution >= 0.6 is 0 Å². The summed E-state index contributed by atoms with van der Waals surface area (Å²) in [5.41, 5.74) is 1.02. The van der Waals surface area contributed by atoms with E-state index < -0.39 is 8.32 Å². The number of hydrogen-bond donors (Lipinski definition) is 0. The fourth-order valence-corrected chi connectivity index (χ4v) is 3.54. The van der Waals surface area contributed by atoms with Gasteiger partial charge in [0, 0.05) is 14.2 Å². The molecule has 0 bridgehead atoms. The molecular formula is C19H32O6Si. The predicted octanol–water partition coefficient (Wildman–Crippen LogP) is 4.11. The number of epoxide rings is 1. The molecule has 0 saturated carbocycles. The molecule has 1 saturated heterocycles. The molecule has 148 valence electrons. The lowest BCUT2D eigenvalue weighted by atomic mass is 10.1. The number of hydrogen-bond acceptors (Lipinski definition) is 6. The van der Waals surface area contributed by atoms with Gasteiger partial charge < -0.3 is 28.1 Å². The van der Waals surface area contributed by atoms with Gasteiger partial charge in [-0.15, -0.1) is 0 Å². The van der Waals surface area contributed by atoms with E-state index in [2.05, 4.69) is 33.9 Å². The van der Waals surface area contributed by atoms with Crippen molar-refractivity contribution >= 4 is 8.32 Å². The largest absolute Gasteiger partial charge is 0.464 e. The number of methoxy groups -OCH3 is 2. The molecule has 1 aromatic rings. The highest BCUT2D eigenvalue weighted by Crippen LogP contribution is 2.44. The molecule has 0 aliphatic carbocycles. The van der Waals surface area contributed by atoms with Gasteiger partial charge in [-0.1, -0.05) is 26.8 Å². The first-order valence-electron chi connectivity index (χ1n) is 8.86. The first-order chi connectivity index (χ1) is 12.2. The fraction of sp³-hybridized carbons (Fsp3) is 0.684. The molecule has 0 N–H and O–H groups in total. The molecule has 1 aliphatic rings. The maximum Gasteiger partial charge on any atom is 0.193 e. The van der Waals surface area contributed by atoms with Gasteiger partial charge in [0.15, 0.2) is 33.4 Å². The van der Waals surface area contributed by atoms with Crippen LogP contribution in [0.2, 0.25) is 18.1 Å². The Bertz CT molecular complexity index is 580. The monoisotopic (exact) mass is 384 g/mol. The average Bonchev–Trinajstić information content (AvgIpc) is 3.40. The van der Waals surface area contributed by atoms with E-state index in [1.807, 2.05) is 18.2 Å². The SMILES string of the molecule is COCOc1ccc([C@@H](O[Si](C)(C)C(C)(C)C)[C@H]2CO2)cc1OCOC. The predicted molar refractivity (Wildman–Crippen MR) is 102 cm³/mol. The van der Waals surface area contributed by atoms with Gasteiger partial charge in [0.25, 0.3) is 0 Å². The first kappa shape index (κ1) is 21.2. The Morgan fingerprint density at radius 3 is 2.15 bits per heavy atom. The van der Waals surface area contributed by atoms with Crippen LogP contribution in [0.15, 0.2) is 18.2 Å². The fourth-order valence-electron chi connectivity index (χ4n) is 2.26. The molecule has 1 fully saturated rings. The summed E-state index contributed by atoms with van der Waals surface area (Å²) in [7, 11) is 1.22. The molecule has 0 radical (unpaired) electrons. The minimum Gasteiger partial charge on any atom is -0.464 e. The third-order valence-electron chi connectivity index (χ3n) is 4.89.